The molecule has 11 heteroatoms. The summed E-state index contributed by atoms with van der Waals surface area (Å²) < 4.78 is 30.7. The Bertz CT molecular complexity index is 1650. The summed E-state index contributed by atoms with van der Waals surface area (Å²) in [6.07, 6.45) is 0. The third-order valence-electron chi connectivity index (χ3n) is 5.58. The van der Waals surface area contributed by atoms with Crippen LogP contribution in [0.5, 0.6) is 0 Å². The molecule has 186 valence electrons. The van der Waals surface area contributed by atoms with Crippen LogP contribution in [0.4, 0.5) is 5.69 Å². The second-order valence-electron chi connectivity index (χ2n) is 8.35. The van der Waals surface area contributed by atoms with Crippen molar-refractivity contribution in [1.29, 1.82) is 0 Å². The maximum absolute atomic E-state index is 13.3. The average Bonchev–Trinajstić information content (AvgIpc) is 2.81. The molecule has 0 fully saturated rings. The van der Waals surface area contributed by atoms with Gasteiger partial charge in [-0.3, -0.25) is 9.59 Å². The number of pyridine rings is 1. The lowest BCUT2D eigenvalue weighted by atomic mass is 9.98. The smallest absolute Gasteiger partial charge is 0.299 e. The van der Waals surface area contributed by atoms with Gasteiger partial charge in [-0.25, -0.2) is 14.8 Å². The fourth-order valence-electron chi connectivity index (χ4n) is 3.97. The van der Waals surface area contributed by atoms with E-state index >= 15 is 0 Å². The lowest BCUT2D eigenvalue weighted by Gasteiger charge is -2.20. The summed E-state index contributed by atoms with van der Waals surface area (Å²) in [6.45, 7) is 5.41. The predicted octanol–water partition coefficient (Wildman–Crippen LogP) is 4.23. The molecular formula is C25H23ClN4O5S. The number of anilines is 1. The molecule has 4 N–H and O–H groups in total. The average molecular weight is 527 g/mol. The molecule has 0 unspecified atom stereocenters. The monoisotopic (exact) mass is 526 g/mol. The molecule has 2 aromatic heterocycles. The number of rotatable bonds is 6. The normalized spacial score (nSPS) is 12.4. The molecule has 0 saturated carbocycles. The third-order valence-corrected chi connectivity index (χ3v) is 6.26. The Morgan fingerprint density at radius 1 is 1.11 bits per heavy atom. The summed E-state index contributed by atoms with van der Waals surface area (Å²) in [7, 11) is -4.32. The molecule has 2 aromatic carbocycles. The molecule has 1 amide bonds. The van der Waals surface area contributed by atoms with E-state index in [0.717, 1.165) is 11.1 Å². The number of fused-ring (bicyclic) bond motifs is 1. The summed E-state index contributed by atoms with van der Waals surface area (Å²) >= 11 is 5.94. The van der Waals surface area contributed by atoms with Crippen molar-refractivity contribution >= 4 is 44.4 Å². The standard InChI is InChI=1S/C25H23ClN4O5S/c1-13-11-17(15(3)28-19-9-10-20(26)29-21(19)25(32)30-36(27,33)34)24-18(12-13)22(31)14(2)23(35-24)16-7-5-4-6-8-16/h4-12,15,28H,1-3H3,(H,30,32)(H2,27,33,34)/t15-/m1/s1. The zero-order valence-corrected chi connectivity index (χ0v) is 21.2. The van der Waals surface area contributed by atoms with E-state index in [-0.39, 0.29) is 22.0 Å². The van der Waals surface area contributed by atoms with Crippen LogP contribution in [0.3, 0.4) is 0 Å². The quantitative estimate of drug-likeness (QED) is 0.319. The van der Waals surface area contributed by atoms with Crippen molar-refractivity contribution in [3.63, 3.8) is 0 Å². The fourth-order valence-corrected chi connectivity index (χ4v) is 4.47. The number of hydrogen-bond donors (Lipinski definition) is 3. The largest absolute Gasteiger partial charge is 0.455 e. The van der Waals surface area contributed by atoms with Gasteiger partial charge in [0, 0.05) is 16.7 Å². The number of carbonyl (C=O) groups is 1. The summed E-state index contributed by atoms with van der Waals surface area (Å²) in [4.78, 5) is 29.8. The molecule has 0 bridgehead atoms. The Labute approximate surface area is 212 Å². The Morgan fingerprint density at radius 2 is 1.81 bits per heavy atom. The first kappa shape index (κ1) is 25.4. The Hall–Kier alpha value is -3.73. The summed E-state index contributed by atoms with van der Waals surface area (Å²) in [6, 6.07) is 15.4. The van der Waals surface area contributed by atoms with E-state index in [1.807, 2.05) is 50.2 Å². The fraction of sp³-hybridized carbons (Fsp3) is 0.160. The van der Waals surface area contributed by atoms with Gasteiger partial charge >= 0.3 is 0 Å². The van der Waals surface area contributed by atoms with Crippen LogP contribution in [0.2, 0.25) is 5.15 Å². The van der Waals surface area contributed by atoms with Gasteiger partial charge < -0.3 is 9.73 Å². The lowest BCUT2D eigenvalue weighted by Crippen LogP contribution is -2.36. The highest BCUT2D eigenvalue weighted by atomic mass is 35.5. The van der Waals surface area contributed by atoms with Crippen molar-refractivity contribution in [2.24, 2.45) is 5.14 Å². The van der Waals surface area contributed by atoms with Gasteiger partial charge in [0.1, 0.15) is 16.5 Å². The van der Waals surface area contributed by atoms with Gasteiger partial charge in [-0.15, -0.1) is 0 Å². The van der Waals surface area contributed by atoms with Crippen molar-refractivity contribution in [2.45, 2.75) is 26.8 Å². The molecule has 0 aliphatic rings. The van der Waals surface area contributed by atoms with Crippen LogP contribution in [-0.4, -0.2) is 19.3 Å². The van der Waals surface area contributed by atoms with Crippen LogP contribution in [-0.2, 0) is 10.2 Å². The van der Waals surface area contributed by atoms with E-state index in [0.29, 0.717) is 27.9 Å². The molecule has 4 aromatic rings. The van der Waals surface area contributed by atoms with Crippen LogP contribution in [0.15, 0.2) is 63.8 Å². The van der Waals surface area contributed by atoms with Crippen LogP contribution < -0.4 is 20.6 Å². The lowest BCUT2D eigenvalue weighted by molar-refractivity contribution is 0.0977. The van der Waals surface area contributed by atoms with E-state index in [1.165, 1.54) is 12.1 Å². The van der Waals surface area contributed by atoms with Gasteiger partial charge in [0.15, 0.2) is 11.1 Å². The molecule has 0 aliphatic carbocycles. The molecule has 0 aliphatic heterocycles. The second-order valence-corrected chi connectivity index (χ2v) is 10.0. The van der Waals surface area contributed by atoms with Gasteiger partial charge in [-0.2, -0.15) is 8.42 Å². The topological polar surface area (TPSA) is 144 Å². The van der Waals surface area contributed by atoms with Crippen LogP contribution in [0.1, 0.15) is 40.1 Å². The number of halogens is 1. The molecule has 0 radical (unpaired) electrons. The molecule has 0 saturated heterocycles. The molecule has 2 heterocycles. The van der Waals surface area contributed by atoms with Gasteiger partial charge in [0.05, 0.1) is 17.1 Å². The predicted molar refractivity (Wildman–Crippen MR) is 139 cm³/mol. The van der Waals surface area contributed by atoms with Crippen molar-refractivity contribution in [3.05, 3.63) is 92.4 Å². The number of aryl methyl sites for hydroxylation is 1. The van der Waals surface area contributed by atoms with Crippen molar-refractivity contribution < 1.29 is 17.6 Å². The maximum atomic E-state index is 13.3. The minimum Gasteiger partial charge on any atom is -0.455 e. The van der Waals surface area contributed by atoms with Crippen molar-refractivity contribution in [3.8, 4) is 11.3 Å². The summed E-state index contributed by atoms with van der Waals surface area (Å²) in [5.41, 5.74) is 2.96. The maximum Gasteiger partial charge on any atom is 0.299 e. The Kier molecular flexibility index (Phi) is 6.85. The molecule has 9 nitrogen and oxygen atoms in total. The van der Waals surface area contributed by atoms with E-state index in [2.05, 4.69) is 10.3 Å². The number of nitrogens with two attached hydrogens (primary N) is 1. The van der Waals surface area contributed by atoms with Crippen molar-refractivity contribution in [1.82, 2.24) is 9.71 Å². The molecule has 36 heavy (non-hydrogen) atoms. The van der Waals surface area contributed by atoms with Crippen LogP contribution in [0, 0.1) is 13.8 Å². The molecule has 0 spiro atoms. The van der Waals surface area contributed by atoms with Crippen LogP contribution in [0.25, 0.3) is 22.3 Å². The highest BCUT2D eigenvalue weighted by molar-refractivity contribution is 7.87. The number of aromatic nitrogens is 1. The zero-order chi connectivity index (χ0) is 26.2. The molecule has 4 rings (SSSR count). The van der Waals surface area contributed by atoms with E-state index in [1.54, 1.807) is 17.7 Å². The summed E-state index contributed by atoms with van der Waals surface area (Å²) in [5.74, 6) is -0.580. The number of amides is 1. The first-order valence-electron chi connectivity index (χ1n) is 10.9. The highest BCUT2D eigenvalue weighted by Gasteiger charge is 2.22. The van der Waals surface area contributed by atoms with E-state index in [9.17, 15) is 18.0 Å². The van der Waals surface area contributed by atoms with Gasteiger partial charge in [-0.05, 0) is 44.5 Å². The van der Waals surface area contributed by atoms with Gasteiger partial charge in [0.2, 0.25) is 0 Å². The van der Waals surface area contributed by atoms with Gasteiger partial charge in [-0.1, -0.05) is 48.0 Å². The first-order chi connectivity index (χ1) is 16.9. The Balaban J connectivity index is 1.83. The number of hydrogen-bond acceptors (Lipinski definition) is 7. The van der Waals surface area contributed by atoms with Crippen LogP contribution >= 0.6 is 11.6 Å². The molecule has 1 atom stereocenters. The number of nitrogens with zero attached hydrogens (tertiary/aromatic N) is 1. The SMILES string of the molecule is Cc1cc([C@@H](C)Nc2ccc(Cl)nc2C(=O)NS(N)(=O)=O)c2oc(-c3ccccc3)c(C)c(=O)c2c1. The Morgan fingerprint density at radius 3 is 2.47 bits per heavy atom. The summed E-state index contributed by atoms with van der Waals surface area (Å²) in [5, 5.41) is 8.51. The zero-order valence-electron chi connectivity index (χ0n) is 19.6. The first-order valence-corrected chi connectivity index (χ1v) is 12.8. The van der Waals surface area contributed by atoms with Gasteiger partial charge in [0.25, 0.3) is 16.1 Å². The highest BCUT2D eigenvalue weighted by Crippen LogP contribution is 2.32. The minimum absolute atomic E-state index is 0.0113. The van der Waals surface area contributed by atoms with Crippen molar-refractivity contribution in [2.75, 3.05) is 5.32 Å². The van der Waals surface area contributed by atoms with E-state index in [4.69, 9.17) is 21.2 Å². The number of nitrogens with one attached hydrogen (secondary N) is 2. The number of benzene rings is 2. The second kappa shape index (κ2) is 9.73. The van der Waals surface area contributed by atoms with E-state index < -0.39 is 22.2 Å². The minimum atomic E-state index is -4.32. The molecular weight excluding hydrogens is 504 g/mol. The number of carbonyl (C=O) groups excluding carboxylic acids is 1. The third kappa shape index (κ3) is 5.25.